The van der Waals surface area contributed by atoms with Crippen LogP contribution in [0.1, 0.15) is 15.9 Å². The molecule has 0 radical (unpaired) electrons. The highest BCUT2D eigenvalue weighted by Crippen LogP contribution is 2.25. The molecule has 1 saturated heterocycles. The number of aryl methyl sites for hydroxylation is 1. The van der Waals surface area contributed by atoms with E-state index in [1.807, 2.05) is 6.92 Å². The smallest absolute Gasteiger partial charge is 0.270 e. The van der Waals surface area contributed by atoms with Crippen LogP contribution in [-0.2, 0) is 10.0 Å². The molecule has 3 rings (SSSR count). The molecule has 0 aliphatic carbocycles. The van der Waals surface area contributed by atoms with Crippen LogP contribution in [0.4, 0.5) is 11.4 Å². The zero-order valence-corrected chi connectivity index (χ0v) is 17.0. The van der Waals surface area contributed by atoms with E-state index in [1.54, 1.807) is 31.3 Å². The quantitative estimate of drug-likeness (QED) is 0.588. The van der Waals surface area contributed by atoms with E-state index in [0.29, 0.717) is 5.69 Å². The molecule has 1 fully saturated rings. The van der Waals surface area contributed by atoms with Crippen LogP contribution in [-0.4, -0.2) is 61.7 Å². The lowest BCUT2D eigenvalue weighted by Gasteiger charge is -2.34. The topological polar surface area (TPSA) is 113 Å². The van der Waals surface area contributed by atoms with Crippen LogP contribution in [0, 0.1) is 17.0 Å². The summed E-state index contributed by atoms with van der Waals surface area (Å²) in [6.45, 7) is 2.61. The number of nitrogens with zero attached hydrogens (tertiary/aromatic N) is 3. The maximum Gasteiger partial charge on any atom is 0.270 e. The van der Waals surface area contributed by atoms with Crippen molar-refractivity contribution in [1.29, 1.82) is 0 Å². The Hall–Kier alpha value is -2.98. The molecule has 1 amide bonds. The Bertz CT molecular complexity index is 1030. The Balaban J connectivity index is 1.75. The Kier molecular flexibility index (Phi) is 5.85. The number of anilines is 1. The second-order valence-electron chi connectivity index (χ2n) is 6.75. The number of hydrogen-bond acceptors (Lipinski definition) is 6. The van der Waals surface area contributed by atoms with Crippen LogP contribution in [0.25, 0.3) is 0 Å². The number of nitro benzene ring substituents is 1. The second-order valence-corrected chi connectivity index (χ2v) is 8.68. The number of rotatable bonds is 5. The lowest BCUT2D eigenvalue weighted by Crippen LogP contribution is -2.50. The van der Waals surface area contributed by atoms with Gasteiger partial charge in [-0.25, -0.2) is 8.42 Å². The van der Waals surface area contributed by atoms with E-state index in [4.69, 9.17) is 0 Å². The van der Waals surface area contributed by atoms with Gasteiger partial charge in [-0.05, 0) is 25.1 Å². The van der Waals surface area contributed by atoms with E-state index >= 15 is 0 Å². The molecule has 1 N–H and O–H groups in total. The molecule has 0 unspecified atom stereocenters. The number of non-ortho nitro benzene ring substituents is 1. The fourth-order valence-corrected chi connectivity index (χ4v) is 4.62. The molecule has 10 heteroatoms. The van der Waals surface area contributed by atoms with Gasteiger partial charge in [0, 0.05) is 51.0 Å². The fourth-order valence-electron chi connectivity index (χ4n) is 3.20. The van der Waals surface area contributed by atoms with Gasteiger partial charge in [-0.1, -0.05) is 17.7 Å². The van der Waals surface area contributed by atoms with Crippen molar-refractivity contribution in [2.75, 3.05) is 38.5 Å². The summed E-state index contributed by atoms with van der Waals surface area (Å²) in [6.07, 6.45) is 0. The van der Waals surface area contributed by atoms with Crippen molar-refractivity contribution in [3.63, 3.8) is 0 Å². The molecule has 1 aliphatic rings. The van der Waals surface area contributed by atoms with Crippen molar-refractivity contribution in [2.24, 2.45) is 0 Å². The minimum absolute atomic E-state index is 0.158. The highest BCUT2D eigenvalue weighted by molar-refractivity contribution is 7.89. The summed E-state index contributed by atoms with van der Waals surface area (Å²) in [5, 5.41) is 13.9. The Morgan fingerprint density at radius 3 is 2.24 bits per heavy atom. The zero-order valence-electron chi connectivity index (χ0n) is 16.2. The monoisotopic (exact) mass is 418 g/mol. The maximum atomic E-state index is 12.9. The average Bonchev–Trinajstić information content (AvgIpc) is 2.73. The summed E-state index contributed by atoms with van der Waals surface area (Å²) in [4.78, 5) is 25.1. The first-order chi connectivity index (χ1) is 13.7. The molecule has 0 bridgehead atoms. The van der Waals surface area contributed by atoms with Crippen LogP contribution in [0.15, 0.2) is 47.4 Å². The predicted molar refractivity (Wildman–Crippen MR) is 108 cm³/mol. The third kappa shape index (κ3) is 4.22. The molecule has 154 valence electrons. The standard InChI is InChI=1S/C19H22N4O5S/c1-14-3-6-16(7-4-14)29(27,28)22-11-9-21(10-12-22)19(24)17-13-15(23(25)26)5-8-18(17)20-2/h3-8,13,20H,9-12H2,1-2H3. The van der Waals surface area contributed by atoms with Crippen molar-refractivity contribution in [3.8, 4) is 0 Å². The molecule has 1 heterocycles. The first-order valence-electron chi connectivity index (χ1n) is 9.06. The van der Waals surface area contributed by atoms with Gasteiger partial charge in [-0.2, -0.15) is 4.31 Å². The number of carbonyl (C=O) groups excluding carboxylic acids is 1. The first-order valence-corrected chi connectivity index (χ1v) is 10.5. The maximum absolute atomic E-state index is 12.9. The molecule has 0 aromatic heterocycles. The van der Waals surface area contributed by atoms with Gasteiger partial charge >= 0.3 is 0 Å². The molecule has 9 nitrogen and oxygen atoms in total. The predicted octanol–water partition coefficient (Wildman–Crippen LogP) is 2.09. The lowest BCUT2D eigenvalue weighted by atomic mass is 10.1. The number of piperazine rings is 1. The molecular formula is C19H22N4O5S. The minimum atomic E-state index is -3.63. The Morgan fingerprint density at radius 1 is 1.07 bits per heavy atom. The normalized spacial score (nSPS) is 15.2. The third-order valence-corrected chi connectivity index (χ3v) is 6.81. The minimum Gasteiger partial charge on any atom is -0.387 e. The number of hydrogen-bond donors (Lipinski definition) is 1. The van der Waals surface area contributed by atoms with Gasteiger partial charge in [-0.3, -0.25) is 14.9 Å². The molecule has 0 atom stereocenters. The number of nitro groups is 1. The van der Waals surface area contributed by atoms with E-state index in [1.165, 1.54) is 27.4 Å². The number of nitrogens with one attached hydrogen (secondary N) is 1. The second kappa shape index (κ2) is 8.18. The van der Waals surface area contributed by atoms with Gasteiger partial charge in [0.1, 0.15) is 0 Å². The van der Waals surface area contributed by atoms with Crippen LogP contribution < -0.4 is 5.32 Å². The van der Waals surface area contributed by atoms with E-state index in [9.17, 15) is 23.3 Å². The van der Waals surface area contributed by atoms with Crippen molar-refractivity contribution < 1.29 is 18.1 Å². The Morgan fingerprint density at radius 2 is 1.69 bits per heavy atom. The Labute approximate surface area is 169 Å². The number of sulfonamides is 1. The van der Waals surface area contributed by atoms with Gasteiger partial charge in [0.05, 0.1) is 15.4 Å². The van der Waals surface area contributed by atoms with E-state index in [-0.39, 0.29) is 48.2 Å². The largest absolute Gasteiger partial charge is 0.387 e. The lowest BCUT2D eigenvalue weighted by molar-refractivity contribution is -0.384. The van der Waals surface area contributed by atoms with Crippen molar-refractivity contribution in [3.05, 3.63) is 63.7 Å². The number of amides is 1. The van der Waals surface area contributed by atoms with Crippen LogP contribution in [0.5, 0.6) is 0 Å². The van der Waals surface area contributed by atoms with Crippen LogP contribution >= 0.6 is 0 Å². The zero-order chi connectivity index (χ0) is 21.2. The summed E-state index contributed by atoms with van der Waals surface area (Å²) in [7, 11) is -2.00. The fraction of sp³-hybridized carbons (Fsp3) is 0.316. The molecule has 2 aromatic rings. The SMILES string of the molecule is CNc1ccc([N+](=O)[O-])cc1C(=O)N1CCN(S(=O)(=O)c2ccc(C)cc2)CC1. The summed E-state index contributed by atoms with van der Waals surface area (Å²) in [6, 6.07) is 10.7. The van der Waals surface area contributed by atoms with Gasteiger partial charge < -0.3 is 10.2 Å². The van der Waals surface area contributed by atoms with Crippen LogP contribution in [0.2, 0.25) is 0 Å². The summed E-state index contributed by atoms with van der Waals surface area (Å²) >= 11 is 0. The number of benzene rings is 2. The molecular weight excluding hydrogens is 396 g/mol. The third-order valence-electron chi connectivity index (χ3n) is 4.90. The molecule has 0 saturated carbocycles. The molecule has 29 heavy (non-hydrogen) atoms. The summed E-state index contributed by atoms with van der Waals surface area (Å²) in [5.41, 5.74) is 1.47. The molecule has 2 aromatic carbocycles. The molecule has 0 spiro atoms. The van der Waals surface area contributed by atoms with E-state index < -0.39 is 14.9 Å². The van der Waals surface area contributed by atoms with Gasteiger partial charge in [0.15, 0.2) is 0 Å². The van der Waals surface area contributed by atoms with Gasteiger partial charge in [0.2, 0.25) is 10.0 Å². The highest BCUT2D eigenvalue weighted by atomic mass is 32.2. The van der Waals surface area contributed by atoms with Gasteiger partial charge in [0.25, 0.3) is 11.6 Å². The highest BCUT2D eigenvalue weighted by Gasteiger charge is 2.31. The van der Waals surface area contributed by atoms with Crippen LogP contribution in [0.3, 0.4) is 0 Å². The summed E-state index contributed by atoms with van der Waals surface area (Å²) in [5.74, 6) is -0.370. The number of carbonyl (C=O) groups is 1. The van der Waals surface area contributed by atoms with Crippen molar-refractivity contribution >= 4 is 27.3 Å². The van der Waals surface area contributed by atoms with Crippen molar-refractivity contribution in [2.45, 2.75) is 11.8 Å². The van der Waals surface area contributed by atoms with E-state index in [2.05, 4.69) is 5.32 Å². The van der Waals surface area contributed by atoms with Crippen molar-refractivity contribution in [1.82, 2.24) is 9.21 Å². The van der Waals surface area contributed by atoms with Gasteiger partial charge in [-0.15, -0.1) is 0 Å². The summed E-state index contributed by atoms with van der Waals surface area (Å²) < 4.78 is 27.0. The van der Waals surface area contributed by atoms with E-state index in [0.717, 1.165) is 5.56 Å². The average molecular weight is 418 g/mol. The molecule has 1 aliphatic heterocycles. The first kappa shape index (κ1) is 20.7.